The number of likely N-dealkylation sites (N-methyl/N-ethyl adjacent to an activating group) is 1. The number of hydrogen-bond donors (Lipinski definition) is 0. The molecule has 110 valence electrons. The molecule has 0 aliphatic carbocycles. The smallest absolute Gasteiger partial charge is 0.0593 e. The van der Waals surface area contributed by atoms with Crippen molar-refractivity contribution in [3.05, 3.63) is 0 Å². The molecule has 0 aromatic carbocycles. The highest BCUT2D eigenvalue weighted by atomic mass is 16.5. The van der Waals surface area contributed by atoms with E-state index in [0.29, 0.717) is 5.92 Å². The minimum atomic E-state index is 0.698. The molecular formula is C15H33NO2. The summed E-state index contributed by atoms with van der Waals surface area (Å²) in [5, 5.41) is 0. The standard InChI is InChI=1S/C15H33NO2/c1-14(2)6-10-17-11-7-15(3)8-12-18-13-9-16(4)5/h14-15H,6-13H2,1-5H3. The molecule has 1 atom stereocenters. The fourth-order valence-electron chi connectivity index (χ4n) is 1.48. The van der Waals surface area contributed by atoms with Gasteiger partial charge in [0.15, 0.2) is 0 Å². The third-order valence-corrected chi connectivity index (χ3v) is 3.03. The molecule has 0 saturated heterocycles. The van der Waals surface area contributed by atoms with Crippen LogP contribution in [0, 0.1) is 11.8 Å². The van der Waals surface area contributed by atoms with Gasteiger partial charge >= 0.3 is 0 Å². The van der Waals surface area contributed by atoms with E-state index in [1.165, 1.54) is 6.42 Å². The van der Waals surface area contributed by atoms with Gasteiger partial charge < -0.3 is 14.4 Å². The molecule has 1 unspecified atom stereocenters. The van der Waals surface area contributed by atoms with Gasteiger partial charge in [-0.3, -0.25) is 0 Å². The van der Waals surface area contributed by atoms with Crippen molar-refractivity contribution in [1.29, 1.82) is 0 Å². The van der Waals surface area contributed by atoms with Gasteiger partial charge in [0.2, 0.25) is 0 Å². The van der Waals surface area contributed by atoms with Gasteiger partial charge in [0.25, 0.3) is 0 Å². The first kappa shape index (κ1) is 17.9. The highest BCUT2D eigenvalue weighted by molar-refractivity contribution is 4.53. The van der Waals surface area contributed by atoms with E-state index in [1.807, 2.05) is 0 Å². The van der Waals surface area contributed by atoms with Gasteiger partial charge in [-0.05, 0) is 45.2 Å². The lowest BCUT2D eigenvalue weighted by molar-refractivity contribution is 0.0893. The lowest BCUT2D eigenvalue weighted by atomic mass is 10.1. The molecule has 0 aromatic rings. The highest BCUT2D eigenvalue weighted by Crippen LogP contribution is 2.08. The first-order chi connectivity index (χ1) is 8.52. The fourth-order valence-corrected chi connectivity index (χ4v) is 1.48. The van der Waals surface area contributed by atoms with Crippen molar-refractivity contribution in [3.63, 3.8) is 0 Å². The second kappa shape index (κ2) is 11.9. The van der Waals surface area contributed by atoms with Gasteiger partial charge in [-0.2, -0.15) is 0 Å². The molecule has 0 bridgehead atoms. The summed E-state index contributed by atoms with van der Waals surface area (Å²) in [4.78, 5) is 2.14. The van der Waals surface area contributed by atoms with E-state index in [2.05, 4.69) is 39.8 Å². The Bertz CT molecular complexity index is 154. The van der Waals surface area contributed by atoms with Gasteiger partial charge in [-0.25, -0.2) is 0 Å². The molecule has 0 N–H and O–H groups in total. The summed E-state index contributed by atoms with van der Waals surface area (Å²) in [5.41, 5.74) is 0. The number of ether oxygens (including phenoxy) is 2. The third-order valence-electron chi connectivity index (χ3n) is 3.03. The lowest BCUT2D eigenvalue weighted by Gasteiger charge is -2.13. The highest BCUT2D eigenvalue weighted by Gasteiger charge is 2.02. The van der Waals surface area contributed by atoms with Crippen molar-refractivity contribution in [2.24, 2.45) is 11.8 Å². The topological polar surface area (TPSA) is 21.7 Å². The van der Waals surface area contributed by atoms with Crippen LogP contribution >= 0.6 is 0 Å². The van der Waals surface area contributed by atoms with Gasteiger partial charge in [-0.15, -0.1) is 0 Å². The van der Waals surface area contributed by atoms with Gasteiger partial charge in [0, 0.05) is 26.4 Å². The van der Waals surface area contributed by atoms with Crippen LogP contribution in [0.15, 0.2) is 0 Å². The van der Waals surface area contributed by atoms with E-state index in [1.54, 1.807) is 0 Å². The zero-order chi connectivity index (χ0) is 13.8. The monoisotopic (exact) mass is 259 g/mol. The average Bonchev–Trinajstić information content (AvgIpc) is 2.27. The van der Waals surface area contributed by atoms with Gasteiger partial charge in [0.1, 0.15) is 0 Å². The molecule has 3 nitrogen and oxygen atoms in total. The van der Waals surface area contributed by atoms with E-state index < -0.39 is 0 Å². The van der Waals surface area contributed by atoms with Crippen molar-refractivity contribution in [2.45, 2.75) is 40.0 Å². The van der Waals surface area contributed by atoms with Crippen LogP contribution in [0.2, 0.25) is 0 Å². The molecule has 0 amide bonds. The normalized spacial score (nSPS) is 13.5. The molecule has 0 aromatic heterocycles. The van der Waals surface area contributed by atoms with Crippen LogP contribution in [0.3, 0.4) is 0 Å². The van der Waals surface area contributed by atoms with Crippen molar-refractivity contribution in [1.82, 2.24) is 4.90 Å². The minimum absolute atomic E-state index is 0.698. The van der Waals surface area contributed by atoms with Crippen LogP contribution in [0.5, 0.6) is 0 Å². The fraction of sp³-hybridized carbons (Fsp3) is 1.00. The third kappa shape index (κ3) is 13.9. The zero-order valence-electron chi connectivity index (χ0n) is 13.1. The lowest BCUT2D eigenvalue weighted by Crippen LogP contribution is -2.18. The predicted octanol–water partition coefficient (Wildman–Crippen LogP) is 3.04. The molecule has 0 aliphatic heterocycles. The Hall–Kier alpha value is -0.120. The average molecular weight is 259 g/mol. The first-order valence-corrected chi connectivity index (χ1v) is 7.32. The number of hydrogen-bond acceptors (Lipinski definition) is 3. The van der Waals surface area contributed by atoms with E-state index >= 15 is 0 Å². The van der Waals surface area contributed by atoms with Gasteiger partial charge in [0.05, 0.1) is 6.61 Å². The molecule has 0 heterocycles. The zero-order valence-corrected chi connectivity index (χ0v) is 13.1. The number of rotatable bonds is 12. The largest absolute Gasteiger partial charge is 0.381 e. The Morgan fingerprint density at radius 1 is 0.778 bits per heavy atom. The Labute approximate surface area is 114 Å². The van der Waals surface area contributed by atoms with Crippen molar-refractivity contribution >= 4 is 0 Å². The molecule has 0 fully saturated rings. The molecule has 3 heteroatoms. The van der Waals surface area contributed by atoms with E-state index in [0.717, 1.165) is 51.7 Å². The molecule has 0 saturated carbocycles. The van der Waals surface area contributed by atoms with E-state index in [-0.39, 0.29) is 0 Å². The maximum atomic E-state index is 5.63. The maximum absolute atomic E-state index is 5.63. The van der Waals surface area contributed by atoms with Crippen LogP contribution in [0.4, 0.5) is 0 Å². The van der Waals surface area contributed by atoms with E-state index in [9.17, 15) is 0 Å². The van der Waals surface area contributed by atoms with Crippen LogP contribution in [-0.2, 0) is 9.47 Å². The molecule has 0 rings (SSSR count). The molecule has 18 heavy (non-hydrogen) atoms. The maximum Gasteiger partial charge on any atom is 0.0593 e. The summed E-state index contributed by atoms with van der Waals surface area (Å²) in [5.74, 6) is 1.44. The second-order valence-electron chi connectivity index (χ2n) is 5.89. The number of nitrogens with zero attached hydrogens (tertiary/aromatic N) is 1. The quantitative estimate of drug-likeness (QED) is 0.503. The summed E-state index contributed by atoms with van der Waals surface area (Å²) >= 11 is 0. The Morgan fingerprint density at radius 3 is 1.78 bits per heavy atom. The van der Waals surface area contributed by atoms with Crippen molar-refractivity contribution in [2.75, 3.05) is 47.1 Å². The van der Waals surface area contributed by atoms with Crippen molar-refractivity contribution < 1.29 is 9.47 Å². The molecular weight excluding hydrogens is 226 g/mol. The molecule has 0 aliphatic rings. The summed E-state index contributed by atoms with van der Waals surface area (Å²) in [7, 11) is 4.14. The molecule has 0 spiro atoms. The SMILES string of the molecule is CC(C)CCOCCC(C)CCOCCN(C)C. The van der Waals surface area contributed by atoms with Crippen molar-refractivity contribution in [3.8, 4) is 0 Å². The van der Waals surface area contributed by atoms with Crippen LogP contribution in [0.1, 0.15) is 40.0 Å². The van der Waals surface area contributed by atoms with Crippen LogP contribution < -0.4 is 0 Å². The van der Waals surface area contributed by atoms with Crippen LogP contribution in [0.25, 0.3) is 0 Å². The summed E-state index contributed by atoms with van der Waals surface area (Å²) < 4.78 is 11.2. The second-order valence-corrected chi connectivity index (χ2v) is 5.89. The van der Waals surface area contributed by atoms with Crippen LogP contribution in [-0.4, -0.2) is 52.0 Å². The van der Waals surface area contributed by atoms with E-state index in [4.69, 9.17) is 9.47 Å². The predicted molar refractivity (Wildman–Crippen MR) is 78.0 cm³/mol. The first-order valence-electron chi connectivity index (χ1n) is 7.32. The Balaban J connectivity index is 3.19. The molecule has 0 radical (unpaired) electrons. The minimum Gasteiger partial charge on any atom is -0.381 e. The summed E-state index contributed by atoms with van der Waals surface area (Å²) in [6.45, 7) is 11.3. The Kier molecular flexibility index (Phi) is 11.9. The van der Waals surface area contributed by atoms with Gasteiger partial charge in [-0.1, -0.05) is 20.8 Å². The Morgan fingerprint density at radius 2 is 1.28 bits per heavy atom. The summed E-state index contributed by atoms with van der Waals surface area (Å²) in [6, 6.07) is 0. The summed E-state index contributed by atoms with van der Waals surface area (Å²) in [6.07, 6.45) is 3.46.